The van der Waals surface area contributed by atoms with E-state index in [0.717, 1.165) is 18.5 Å². The SMILES string of the molecule is NC(=O)C1=CN=C(Oc2ccc(CNCCc3cccs3)cc2F)CP1. The molecule has 0 radical (unpaired) electrons. The number of benzene rings is 1. The van der Waals surface area contributed by atoms with Crippen LogP contribution in [0.1, 0.15) is 10.4 Å². The number of carbonyl (C=O) groups is 1. The van der Waals surface area contributed by atoms with Crippen LogP contribution in [0.2, 0.25) is 0 Å². The quantitative estimate of drug-likeness (QED) is 0.563. The Morgan fingerprint density at radius 2 is 2.31 bits per heavy atom. The third-order valence-electron chi connectivity index (χ3n) is 3.71. The van der Waals surface area contributed by atoms with E-state index in [1.807, 2.05) is 12.1 Å². The standard InChI is InChI=1S/C18H19FN3O2PS/c19-14-8-12(9-21-6-5-13-2-1-7-26-13)3-4-15(14)24-17-11-25-16(10-22-17)18(20)23/h1-4,7-8,10,21,25H,5-6,9,11H2,(H2,20,23). The van der Waals surface area contributed by atoms with Gasteiger partial charge in [0.1, 0.15) is 0 Å². The maximum Gasteiger partial charge on any atom is 0.250 e. The average Bonchev–Trinajstić information content (AvgIpc) is 3.15. The summed E-state index contributed by atoms with van der Waals surface area (Å²) in [5.41, 5.74) is 6.06. The average molecular weight is 391 g/mol. The van der Waals surface area contributed by atoms with Crippen LogP contribution in [0.5, 0.6) is 5.75 Å². The zero-order valence-electron chi connectivity index (χ0n) is 14.0. The zero-order chi connectivity index (χ0) is 18.4. The van der Waals surface area contributed by atoms with Crippen LogP contribution in [0.15, 0.2) is 52.2 Å². The second kappa shape index (κ2) is 9.03. The summed E-state index contributed by atoms with van der Waals surface area (Å²) in [6, 6.07) is 9.03. The molecule has 1 atom stereocenters. The number of nitrogens with zero attached hydrogens (tertiary/aromatic N) is 1. The number of thiophene rings is 1. The first-order valence-corrected chi connectivity index (χ1v) is 10.2. The molecule has 26 heavy (non-hydrogen) atoms. The van der Waals surface area contributed by atoms with Crippen molar-refractivity contribution >= 4 is 31.7 Å². The van der Waals surface area contributed by atoms with Gasteiger partial charge in [-0.25, -0.2) is 9.38 Å². The van der Waals surface area contributed by atoms with Crippen molar-refractivity contribution < 1.29 is 13.9 Å². The van der Waals surface area contributed by atoms with Gasteiger partial charge in [0.2, 0.25) is 5.91 Å². The van der Waals surface area contributed by atoms with Crippen molar-refractivity contribution in [2.75, 3.05) is 12.7 Å². The second-order valence-corrected chi connectivity index (χ2v) is 7.93. The van der Waals surface area contributed by atoms with Crippen LogP contribution >= 0.6 is 19.9 Å². The zero-order valence-corrected chi connectivity index (χ0v) is 15.8. The molecular formula is C18H19FN3O2PS. The number of aliphatic imine (C=N–C) groups is 1. The minimum absolute atomic E-state index is 0.131. The Labute approximate surface area is 156 Å². The molecule has 136 valence electrons. The van der Waals surface area contributed by atoms with Gasteiger partial charge in [0.05, 0.1) is 5.31 Å². The molecule has 3 rings (SSSR count). The number of hydrogen-bond acceptors (Lipinski definition) is 5. The lowest BCUT2D eigenvalue weighted by molar-refractivity contribution is -0.113. The molecule has 1 amide bonds. The lowest BCUT2D eigenvalue weighted by Crippen LogP contribution is -2.18. The maximum atomic E-state index is 14.2. The predicted molar refractivity (Wildman–Crippen MR) is 105 cm³/mol. The molecule has 0 saturated heterocycles. The minimum atomic E-state index is -0.478. The van der Waals surface area contributed by atoms with Crippen LogP contribution in [0.3, 0.4) is 0 Å². The lowest BCUT2D eigenvalue weighted by atomic mass is 10.2. The highest BCUT2D eigenvalue weighted by atomic mass is 32.1. The van der Waals surface area contributed by atoms with Gasteiger partial charge in [0.25, 0.3) is 0 Å². The first-order valence-electron chi connectivity index (χ1n) is 8.12. The third-order valence-corrected chi connectivity index (χ3v) is 5.89. The van der Waals surface area contributed by atoms with Crippen molar-refractivity contribution in [2.24, 2.45) is 10.7 Å². The van der Waals surface area contributed by atoms with Gasteiger partial charge in [-0.3, -0.25) is 4.79 Å². The van der Waals surface area contributed by atoms with Crippen molar-refractivity contribution in [1.29, 1.82) is 0 Å². The van der Waals surface area contributed by atoms with Gasteiger partial charge >= 0.3 is 0 Å². The molecule has 0 fully saturated rings. The van der Waals surface area contributed by atoms with Crippen LogP contribution < -0.4 is 15.8 Å². The molecule has 0 saturated carbocycles. The number of halogens is 1. The van der Waals surface area contributed by atoms with Crippen LogP contribution in [-0.4, -0.2) is 24.5 Å². The molecule has 2 aromatic rings. The Bertz CT molecular complexity index is 837. The normalized spacial score (nSPS) is 14.8. The van der Waals surface area contributed by atoms with Crippen molar-refractivity contribution in [3.63, 3.8) is 0 Å². The third kappa shape index (κ3) is 5.21. The van der Waals surface area contributed by atoms with Crippen LogP contribution in [0, 0.1) is 5.82 Å². The van der Waals surface area contributed by atoms with Crippen molar-refractivity contribution in [3.8, 4) is 5.75 Å². The van der Waals surface area contributed by atoms with Crippen LogP contribution in [0.4, 0.5) is 4.39 Å². The fourth-order valence-corrected chi connectivity index (χ4v) is 3.92. The van der Waals surface area contributed by atoms with E-state index >= 15 is 0 Å². The maximum absolute atomic E-state index is 14.2. The summed E-state index contributed by atoms with van der Waals surface area (Å²) in [6.45, 7) is 1.43. The Balaban J connectivity index is 1.52. The van der Waals surface area contributed by atoms with E-state index in [0.29, 0.717) is 23.9 Å². The molecule has 0 spiro atoms. The predicted octanol–water partition coefficient (Wildman–Crippen LogP) is 3.02. The van der Waals surface area contributed by atoms with E-state index in [4.69, 9.17) is 10.5 Å². The lowest BCUT2D eigenvalue weighted by Gasteiger charge is -2.13. The number of hydrogen-bond donors (Lipinski definition) is 2. The van der Waals surface area contributed by atoms with E-state index in [2.05, 4.69) is 21.8 Å². The first kappa shape index (κ1) is 18.7. The van der Waals surface area contributed by atoms with E-state index < -0.39 is 11.7 Å². The smallest absolute Gasteiger partial charge is 0.250 e. The van der Waals surface area contributed by atoms with Crippen molar-refractivity contribution in [1.82, 2.24) is 5.32 Å². The molecule has 1 aromatic heterocycles. The van der Waals surface area contributed by atoms with Gasteiger partial charge in [0.15, 0.2) is 17.5 Å². The Morgan fingerprint density at radius 1 is 1.42 bits per heavy atom. The summed E-state index contributed by atoms with van der Waals surface area (Å²) < 4.78 is 19.8. The molecule has 0 aliphatic carbocycles. The van der Waals surface area contributed by atoms with Gasteiger partial charge in [-0.05, 0) is 35.6 Å². The summed E-state index contributed by atoms with van der Waals surface area (Å²) in [4.78, 5) is 16.4. The van der Waals surface area contributed by atoms with Crippen molar-refractivity contribution in [2.45, 2.75) is 13.0 Å². The van der Waals surface area contributed by atoms with Gasteiger partial charge < -0.3 is 15.8 Å². The summed E-state index contributed by atoms with van der Waals surface area (Å²) in [7, 11) is 0.189. The topological polar surface area (TPSA) is 76.7 Å². The number of nitrogens with two attached hydrogens (primary N) is 1. The Kier molecular flexibility index (Phi) is 6.50. The number of nitrogens with one attached hydrogen (secondary N) is 1. The van der Waals surface area contributed by atoms with Crippen LogP contribution in [-0.2, 0) is 17.8 Å². The van der Waals surface area contributed by atoms with E-state index in [1.165, 1.54) is 17.1 Å². The first-order chi connectivity index (χ1) is 12.6. The number of carbonyl (C=O) groups excluding carboxylic acids is 1. The summed E-state index contributed by atoms with van der Waals surface area (Å²) >= 11 is 1.73. The molecule has 1 aliphatic heterocycles. The number of primary amides is 1. The molecule has 1 unspecified atom stereocenters. The molecule has 2 heterocycles. The van der Waals surface area contributed by atoms with E-state index in [1.54, 1.807) is 17.4 Å². The van der Waals surface area contributed by atoms with Crippen molar-refractivity contribution in [3.05, 3.63) is 63.5 Å². The molecule has 5 nitrogen and oxygen atoms in total. The molecule has 3 N–H and O–H groups in total. The van der Waals surface area contributed by atoms with Crippen LogP contribution in [0.25, 0.3) is 0 Å². The molecule has 8 heteroatoms. The Hall–Kier alpha value is -2.08. The fourth-order valence-electron chi connectivity index (χ4n) is 2.37. The molecule has 1 aromatic carbocycles. The second-order valence-electron chi connectivity index (χ2n) is 5.66. The molecule has 1 aliphatic rings. The summed E-state index contributed by atoms with van der Waals surface area (Å²) in [5, 5.41) is 5.84. The van der Waals surface area contributed by atoms with Gasteiger partial charge in [-0.15, -0.1) is 11.3 Å². The van der Waals surface area contributed by atoms with E-state index in [9.17, 15) is 9.18 Å². The largest absolute Gasteiger partial charge is 0.440 e. The minimum Gasteiger partial charge on any atom is -0.440 e. The molecular weight excluding hydrogens is 372 g/mol. The fraction of sp³-hybridized carbons (Fsp3) is 0.222. The number of ether oxygens (including phenoxy) is 1. The molecule has 0 bridgehead atoms. The van der Waals surface area contributed by atoms with E-state index in [-0.39, 0.29) is 14.3 Å². The number of amides is 1. The summed E-state index contributed by atoms with van der Waals surface area (Å²) in [5.74, 6) is -0.396. The Morgan fingerprint density at radius 3 is 2.96 bits per heavy atom. The highest BCUT2D eigenvalue weighted by molar-refractivity contribution is 7.46. The highest BCUT2D eigenvalue weighted by Crippen LogP contribution is 2.28. The van der Waals surface area contributed by atoms with Gasteiger partial charge in [-0.2, -0.15) is 0 Å². The van der Waals surface area contributed by atoms with Gasteiger partial charge in [-0.1, -0.05) is 20.7 Å². The monoisotopic (exact) mass is 391 g/mol. The summed E-state index contributed by atoms with van der Waals surface area (Å²) in [6.07, 6.45) is 2.80. The number of rotatable bonds is 7. The highest BCUT2D eigenvalue weighted by Gasteiger charge is 2.15. The van der Waals surface area contributed by atoms with Gasteiger partial charge in [0, 0.05) is 30.3 Å².